The number of nitrogens with one attached hydrogen (secondary N) is 1. The minimum absolute atomic E-state index is 0.0856. The zero-order valence-electron chi connectivity index (χ0n) is 14.2. The maximum Gasteiger partial charge on any atom is 0.340 e. The van der Waals surface area contributed by atoms with Crippen LogP contribution < -0.4 is 10.1 Å². The Bertz CT molecular complexity index is 783. The van der Waals surface area contributed by atoms with Crippen LogP contribution in [0, 0.1) is 6.92 Å². The first-order valence-corrected chi connectivity index (χ1v) is 8.47. The molecular weight excluding hydrogens is 376 g/mol. The van der Waals surface area contributed by atoms with Gasteiger partial charge in [0.15, 0.2) is 0 Å². The number of rotatable bonds is 6. The number of fused-ring (bicyclic) bond motifs is 1. The number of methoxy groups -OCH3 is 1. The summed E-state index contributed by atoms with van der Waals surface area (Å²) in [4.78, 5) is 23.5. The third-order valence-electron chi connectivity index (χ3n) is 3.79. The number of halogens is 1. The van der Waals surface area contributed by atoms with Crippen LogP contribution in [0.2, 0.25) is 0 Å². The number of aromatic nitrogens is 1. The minimum atomic E-state index is -0.359. The van der Waals surface area contributed by atoms with Gasteiger partial charge in [-0.25, -0.2) is 4.79 Å². The Hall–Kier alpha value is -2.02. The molecule has 130 valence electrons. The summed E-state index contributed by atoms with van der Waals surface area (Å²) in [7, 11) is 1.58. The molecule has 7 heteroatoms. The number of nitrogens with zero attached hydrogens (tertiary/aromatic N) is 1. The second kappa shape index (κ2) is 7.70. The molecule has 6 nitrogen and oxygen atoms in total. The van der Waals surface area contributed by atoms with Crippen molar-refractivity contribution in [2.75, 3.05) is 20.3 Å². The molecule has 1 heterocycles. The highest BCUT2D eigenvalue weighted by Gasteiger charge is 2.22. The highest BCUT2D eigenvalue weighted by Crippen LogP contribution is 2.35. The highest BCUT2D eigenvalue weighted by molar-refractivity contribution is 9.10. The standard InChI is InChI=1S/C17H21BrN2O4/c1-5-24-17(22)16-10(2)20(7-6-19-11(3)21)14-9-13(18)15(23-4)8-12(14)16/h8-9H,5-7H2,1-4H3,(H,19,21). The maximum absolute atomic E-state index is 12.4. The number of hydrogen-bond acceptors (Lipinski definition) is 4. The van der Waals surface area contributed by atoms with E-state index in [0.717, 1.165) is 21.1 Å². The van der Waals surface area contributed by atoms with E-state index in [1.807, 2.05) is 23.6 Å². The Morgan fingerprint density at radius 1 is 1.33 bits per heavy atom. The summed E-state index contributed by atoms with van der Waals surface area (Å²) in [5.74, 6) is 0.201. The molecule has 1 aromatic heterocycles. The van der Waals surface area contributed by atoms with Crippen LogP contribution in [0.1, 0.15) is 29.9 Å². The first-order chi connectivity index (χ1) is 11.4. The topological polar surface area (TPSA) is 69.6 Å². The molecule has 0 atom stereocenters. The van der Waals surface area contributed by atoms with Gasteiger partial charge < -0.3 is 19.4 Å². The number of hydrogen-bond donors (Lipinski definition) is 1. The molecular formula is C17H21BrN2O4. The zero-order valence-corrected chi connectivity index (χ0v) is 15.8. The lowest BCUT2D eigenvalue weighted by atomic mass is 10.1. The fraction of sp³-hybridized carbons (Fsp3) is 0.412. The van der Waals surface area contributed by atoms with E-state index in [2.05, 4.69) is 21.2 Å². The molecule has 0 saturated carbocycles. The Morgan fingerprint density at radius 3 is 2.62 bits per heavy atom. The number of amides is 1. The molecule has 2 rings (SSSR count). The van der Waals surface area contributed by atoms with E-state index < -0.39 is 0 Å². The van der Waals surface area contributed by atoms with Crippen molar-refractivity contribution in [2.45, 2.75) is 27.3 Å². The van der Waals surface area contributed by atoms with Crippen LogP contribution in [0.15, 0.2) is 16.6 Å². The number of carbonyl (C=O) groups is 2. The van der Waals surface area contributed by atoms with Crippen LogP contribution in [0.3, 0.4) is 0 Å². The quantitative estimate of drug-likeness (QED) is 0.761. The number of benzene rings is 1. The van der Waals surface area contributed by atoms with E-state index in [1.165, 1.54) is 6.92 Å². The first kappa shape index (κ1) is 18.3. The van der Waals surface area contributed by atoms with Crippen LogP contribution in [-0.2, 0) is 16.1 Å². The lowest BCUT2D eigenvalue weighted by molar-refractivity contribution is -0.118. The van der Waals surface area contributed by atoms with Gasteiger partial charge in [-0.05, 0) is 41.9 Å². The van der Waals surface area contributed by atoms with Gasteiger partial charge in [0.05, 0.1) is 29.3 Å². The summed E-state index contributed by atoms with van der Waals surface area (Å²) in [6, 6.07) is 3.74. The summed E-state index contributed by atoms with van der Waals surface area (Å²) in [5.41, 5.74) is 2.21. The van der Waals surface area contributed by atoms with Gasteiger partial charge in [0.1, 0.15) is 5.75 Å². The van der Waals surface area contributed by atoms with Crippen LogP contribution in [0.5, 0.6) is 5.75 Å². The van der Waals surface area contributed by atoms with Crippen molar-refractivity contribution in [1.29, 1.82) is 0 Å². The molecule has 0 fully saturated rings. The van der Waals surface area contributed by atoms with Crippen molar-refractivity contribution in [3.05, 3.63) is 27.9 Å². The smallest absolute Gasteiger partial charge is 0.340 e. The summed E-state index contributed by atoms with van der Waals surface area (Å²) < 4.78 is 13.3. The second-order valence-electron chi connectivity index (χ2n) is 5.32. The molecule has 0 saturated heterocycles. The molecule has 0 aliphatic rings. The van der Waals surface area contributed by atoms with Crippen molar-refractivity contribution >= 4 is 38.7 Å². The molecule has 1 aromatic carbocycles. The van der Waals surface area contributed by atoms with Gasteiger partial charge in [0, 0.05) is 31.1 Å². The SMILES string of the molecule is CCOC(=O)c1c(C)n(CCNC(C)=O)c2cc(Br)c(OC)cc12. The van der Waals surface area contributed by atoms with Gasteiger partial charge in [-0.15, -0.1) is 0 Å². The van der Waals surface area contributed by atoms with Crippen molar-refractivity contribution in [2.24, 2.45) is 0 Å². The van der Waals surface area contributed by atoms with E-state index in [-0.39, 0.29) is 11.9 Å². The lowest BCUT2D eigenvalue weighted by Crippen LogP contribution is -2.24. The van der Waals surface area contributed by atoms with E-state index in [1.54, 1.807) is 14.0 Å². The Morgan fingerprint density at radius 2 is 2.04 bits per heavy atom. The highest BCUT2D eigenvalue weighted by atomic mass is 79.9. The van der Waals surface area contributed by atoms with Crippen molar-refractivity contribution in [3.63, 3.8) is 0 Å². The minimum Gasteiger partial charge on any atom is -0.496 e. The summed E-state index contributed by atoms with van der Waals surface area (Å²) in [6.07, 6.45) is 0. The summed E-state index contributed by atoms with van der Waals surface area (Å²) >= 11 is 3.48. The first-order valence-electron chi connectivity index (χ1n) is 7.68. The monoisotopic (exact) mass is 396 g/mol. The Balaban J connectivity index is 2.59. The molecule has 1 amide bonds. The average molecular weight is 397 g/mol. The number of ether oxygens (including phenoxy) is 2. The van der Waals surface area contributed by atoms with Crippen LogP contribution in [0.25, 0.3) is 10.9 Å². The van der Waals surface area contributed by atoms with E-state index in [0.29, 0.717) is 31.0 Å². The summed E-state index contributed by atoms with van der Waals surface area (Å²) in [6.45, 7) is 6.48. The predicted molar refractivity (Wildman–Crippen MR) is 95.6 cm³/mol. The third-order valence-corrected chi connectivity index (χ3v) is 4.41. The molecule has 0 spiro atoms. The normalized spacial score (nSPS) is 10.7. The van der Waals surface area contributed by atoms with Gasteiger partial charge in [-0.3, -0.25) is 4.79 Å². The van der Waals surface area contributed by atoms with Crippen LogP contribution >= 0.6 is 15.9 Å². The third kappa shape index (κ3) is 3.56. The molecule has 0 bridgehead atoms. The number of carbonyl (C=O) groups excluding carboxylic acids is 2. The summed E-state index contributed by atoms with van der Waals surface area (Å²) in [5, 5.41) is 3.55. The van der Waals surface area contributed by atoms with Gasteiger partial charge in [0.25, 0.3) is 0 Å². The molecule has 1 N–H and O–H groups in total. The van der Waals surface area contributed by atoms with Gasteiger partial charge in [0.2, 0.25) is 5.91 Å². The van der Waals surface area contributed by atoms with E-state index in [4.69, 9.17) is 9.47 Å². The zero-order chi connectivity index (χ0) is 17.9. The van der Waals surface area contributed by atoms with Crippen LogP contribution in [0.4, 0.5) is 0 Å². The molecule has 0 unspecified atom stereocenters. The number of esters is 1. The second-order valence-corrected chi connectivity index (χ2v) is 6.17. The molecule has 0 aliphatic heterocycles. The largest absolute Gasteiger partial charge is 0.496 e. The van der Waals surface area contributed by atoms with Gasteiger partial charge in [-0.2, -0.15) is 0 Å². The lowest BCUT2D eigenvalue weighted by Gasteiger charge is -2.10. The van der Waals surface area contributed by atoms with Gasteiger partial charge >= 0.3 is 5.97 Å². The fourth-order valence-corrected chi connectivity index (χ4v) is 3.22. The van der Waals surface area contributed by atoms with Crippen molar-refractivity contribution in [1.82, 2.24) is 9.88 Å². The molecule has 2 aromatic rings. The fourth-order valence-electron chi connectivity index (χ4n) is 2.73. The van der Waals surface area contributed by atoms with Crippen LogP contribution in [-0.4, -0.2) is 36.7 Å². The molecule has 0 aliphatic carbocycles. The Labute approximate surface area is 149 Å². The maximum atomic E-state index is 12.4. The van der Waals surface area contributed by atoms with Crippen molar-refractivity contribution < 1.29 is 19.1 Å². The van der Waals surface area contributed by atoms with Gasteiger partial charge in [-0.1, -0.05) is 0 Å². The van der Waals surface area contributed by atoms with E-state index in [9.17, 15) is 9.59 Å². The molecule has 0 radical (unpaired) electrons. The predicted octanol–water partition coefficient (Wildman–Crippen LogP) is 3.03. The Kier molecular flexibility index (Phi) is 5.88. The molecule has 24 heavy (non-hydrogen) atoms. The average Bonchev–Trinajstić information content (AvgIpc) is 2.78. The van der Waals surface area contributed by atoms with E-state index >= 15 is 0 Å². The van der Waals surface area contributed by atoms with Crippen molar-refractivity contribution in [3.8, 4) is 5.75 Å².